The van der Waals surface area contributed by atoms with Gasteiger partial charge in [-0.25, -0.2) is 9.59 Å². The number of aliphatic carboxylic acids is 2. The molecule has 2 heterocycles. The molecular weight excluding hydrogens is 212 g/mol. The van der Waals surface area contributed by atoms with Crippen molar-refractivity contribution in [1.29, 1.82) is 0 Å². The largest absolute Gasteiger partial charge is 0.479 e. The van der Waals surface area contributed by atoms with Gasteiger partial charge >= 0.3 is 11.9 Å². The van der Waals surface area contributed by atoms with Crippen molar-refractivity contribution >= 4 is 18.2 Å². The topological polar surface area (TPSA) is 99.0 Å². The molecule has 0 saturated carbocycles. The highest BCUT2D eigenvalue weighted by atomic mass is 16.4. The fraction of sp³-hybridized carbons (Fsp3) is 0.100. The van der Waals surface area contributed by atoms with Crippen LogP contribution in [0.5, 0.6) is 0 Å². The molecule has 0 amide bonds. The average molecular weight is 220 g/mol. The summed E-state index contributed by atoms with van der Waals surface area (Å²) in [4.78, 5) is 25.8. The van der Waals surface area contributed by atoms with E-state index in [1.54, 1.807) is 18.4 Å². The minimum atomic E-state index is -2.09. The third-order valence-electron chi connectivity index (χ3n) is 2.34. The van der Waals surface area contributed by atoms with Crippen LogP contribution >= 0.6 is 0 Å². The fourth-order valence-electron chi connectivity index (χ4n) is 1.45. The van der Waals surface area contributed by atoms with E-state index in [2.05, 4.69) is 10.3 Å². The lowest BCUT2D eigenvalue weighted by atomic mass is 10.0. The van der Waals surface area contributed by atoms with Gasteiger partial charge in [0.05, 0.1) is 11.4 Å². The molecule has 0 aliphatic carbocycles. The number of carboxylic acids is 2. The minimum absolute atomic E-state index is 0.384. The van der Waals surface area contributed by atoms with E-state index in [1.807, 2.05) is 0 Å². The quantitative estimate of drug-likeness (QED) is 0.564. The standard InChI is InChI=1S/C10H8N2O4/c13-8(14)10(9(15)16)4-3-7(12-10)6-2-1-5-11-6/h1-5,12H,(H,13,14)(H,15,16). The predicted octanol–water partition coefficient (Wildman–Crippen LogP) is -0.0940. The van der Waals surface area contributed by atoms with Crippen LogP contribution < -0.4 is 5.32 Å². The van der Waals surface area contributed by atoms with E-state index in [-0.39, 0.29) is 0 Å². The van der Waals surface area contributed by atoms with Crippen molar-refractivity contribution < 1.29 is 19.8 Å². The van der Waals surface area contributed by atoms with E-state index in [0.717, 1.165) is 6.08 Å². The summed E-state index contributed by atoms with van der Waals surface area (Å²) < 4.78 is 0. The Balaban J connectivity index is 2.39. The molecule has 6 heteroatoms. The highest BCUT2D eigenvalue weighted by Crippen LogP contribution is 2.23. The van der Waals surface area contributed by atoms with Crippen LogP contribution in [0.15, 0.2) is 40.7 Å². The van der Waals surface area contributed by atoms with Gasteiger partial charge in [-0.2, -0.15) is 0 Å². The first-order chi connectivity index (χ1) is 7.56. The maximum absolute atomic E-state index is 11.0. The zero-order chi connectivity index (χ0) is 11.8. The summed E-state index contributed by atoms with van der Waals surface area (Å²) in [5.41, 5.74) is -1.19. The Morgan fingerprint density at radius 2 is 1.94 bits per heavy atom. The second-order valence-electron chi connectivity index (χ2n) is 3.31. The van der Waals surface area contributed by atoms with E-state index in [0.29, 0.717) is 11.4 Å². The molecule has 6 nitrogen and oxygen atoms in total. The van der Waals surface area contributed by atoms with Crippen LogP contribution in [0.4, 0.5) is 0 Å². The summed E-state index contributed by atoms with van der Waals surface area (Å²) in [5, 5.41) is 20.3. The van der Waals surface area contributed by atoms with Gasteiger partial charge in [0.15, 0.2) is 0 Å². The second-order valence-corrected chi connectivity index (χ2v) is 3.31. The molecule has 2 rings (SSSR count). The Morgan fingerprint density at radius 1 is 1.25 bits per heavy atom. The lowest BCUT2D eigenvalue weighted by Crippen LogP contribution is -2.53. The van der Waals surface area contributed by atoms with E-state index < -0.39 is 17.5 Å². The minimum Gasteiger partial charge on any atom is -0.479 e. The summed E-state index contributed by atoms with van der Waals surface area (Å²) >= 11 is 0. The van der Waals surface area contributed by atoms with Gasteiger partial charge in [-0.15, -0.1) is 0 Å². The van der Waals surface area contributed by atoms with Crippen molar-refractivity contribution in [3.05, 3.63) is 35.7 Å². The van der Waals surface area contributed by atoms with Gasteiger partial charge in [-0.1, -0.05) is 0 Å². The van der Waals surface area contributed by atoms with Gasteiger partial charge in [0.1, 0.15) is 0 Å². The molecule has 0 aromatic carbocycles. The lowest BCUT2D eigenvalue weighted by Gasteiger charge is -2.18. The molecule has 0 unspecified atom stereocenters. The van der Waals surface area contributed by atoms with Crippen LogP contribution in [-0.2, 0) is 9.59 Å². The van der Waals surface area contributed by atoms with Crippen molar-refractivity contribution in [3.8, 4) is 0 Å². The Bertz CT molecular complexity index is 457. The molecule has 2 aliphatic heterocycles. The first-order valence-corrected chi connectivity index (χ1v) is 4.45. The first kappa shape index (κ1) is 10.2. The monoisotopic (exact) mass is 220 g/mol. The summed E-state index contributed by atoms with van der Waals surface area (Å²) in [6.07, 6.45) is 7.39. The molecule has 2 aliphatic rings. The average Bonchev–Trinajstić information content (AvgIpc) is 2.87. The molecule has 0 atom stereocenters. The zero-order valence-electron chi connectivity index (χ0n) is 8.04. The number of allylic oxidation sites excluding steroid dienone is 3. The van der Waals surface area contributed by atoms with Gasteiger partial charge in [0.25, 0.3) is 5.54 Å². The number of carbonyl (C=O) groups is 2. The number of carboxylic acid groups (broad SMARTS) is 2. The van der Waals surface area contributed by atoms with Crippen LogP contribution in [0, 0.1) is 0 Å². The molecule has 0 aromatic rings. The molecule has 0 saturated heterocycles. The van der Waals surface area contributed by atoms with Crippen LogP contribution in [0.25, 0.3) is 0 Å². The normalized spacial score (nSPS) is 24.8. The zero-order valence-corrected chi connectivity index (χ0v) is 8.04. The Hall–Kier alpha value is -2.37. The molecule has 16 heavy (non-hydrogen) atoms. The summed E-state index contributed by atoms with van der Waals surface area (Å²) in [6.45, 7) is 0. The van der Waals surface area contributed by atoms with E-state index in [9.17, 15) is 9.59 Å². The van der Waals surface area contributed by atoms with E-state index in [1.165, 1.54) is 6.08 Å². The van der Waals surface area contributed by atoms with E-state index in [4.69, 9.17) is 10.2 Å². The van der Waals surface area contributed by atoms with Gasteiger partial charge < -0.3 is 15.5 Å². The second kappa shape index (κ2) is 3.34. The summed E-state index contributed by atoms with van der Waals surface area (Å²) in [5.74, 6) is -2.92. The van der Waals surface area contributed by atoms with Gasteiger partial charge in [-0.3, -0.25) is 4.99 Å². The number of hydrogen-bond acceptors (Lipinski definition) is 4. The number of aliphatic imine (C=N–C) groups is 1. The third kappa shape index (κ3) is 1.31. The maximum Gasteiger partial charge on any atom is 0.345 e. The fourth-order valence-corrected chi connectivity index (χ4v) is 1.45. The van der Waals surface area contributed by atoms with Crippen molar-refractivity contribution in [2.24, 2.45) is 4.99 Å². The molecule has 3 N–H and O–H groups in total. The number of rotatable bonds is 2. The van der Waals surface area contributed by atoms with Crippen molar-refractivity contribution in [1.82, 2.24) is 5.32 Å². The van der Waals surface area contributed by atoms with Crippen molar-refractivity contribution in [3.63, 3.8) is 0 Å². The predicted molar refractivity (Wildman–Crippen MR) is 54.9 cm³/mol. The Kier molecular flexibility index (Phi) is 2.12. The summed E-state index contributed by atoms with van der Waals surface area (Å²) in [6, 6.07) is 0. The SMILES string of the molecule is O=C(O)C1(C(=O)O)C=CC(=C2C=CC=N2)N1. The van der Waals surface area contributed by atoms with Crippen molar-refractivity contribution in [2.45, 2.75) is 5.54 Å². The van der Waals surface area contributed by atoms with Crippen LogP contribution in [0.1, 0.15) is 0 Å². The first-order valence-electron chi connectivity index (χ1n) is 4.45. The Labute approximate surface area is 90.3 Å². The molecule has 0 spiro atoms. The number of nitrogens with one attached hydrogen (secondary N) is 1. The van der Waals surface area contributed by atoms with Gasteiger partial charge in [0.2, 0.25) is 0 Å². The Morgan fingerprint density at radius 3 is 2.38 bits per heavy atom. The third-order valence-corrected chi connectivity index (χ3v) is 2.34. The number of hydrogen-bond donors (Lipinski definition) is 3. The van der Waals surface area contributed by atoms with Crippen LogP contribution in [-0.4, -0.2) is 33.9 Å². The molecule has 82 valence electrons. The lowest BCUT2D eigenvalue weighted by molar-refractivity contribution is -0.155. The molecule has 0 bridgehead atoms. The molecule has 0 radical (unpaired) electrons. The summed E-state index contributed by atoms with van der Waals surface area (Å²) in [7, 11) is 0. The smallest absolute Gasteiger partial charge is 0.345 e. The van der Waals surface area contributed by atoms with Crippen LogP contribution in [0.2, 0.25) is 0 Å². The highest BCUT2D eigenvalue weighted by molar-refractivity contribution is 6.07. The molecule has 0 aromatic heterocycles. The van der Waals surface area contributed by atoms with Crippen LogP contribution in [0.3, 0.4) is 0 Å². The molecule has 0 fully saturated rings. The molecular formula is C10H8N2O4. The van der Waals surface area contributed by atoms with E-state index >= 15 is 0 Å². The maximum atomic E-state index is 11.0. The number of nitrogens with zero attached hydrogens (tertiary/aromatic N) is 1. The van der Waals surface area contributed by atoms with Crippen molar-refractivity contribution in [2.75, 3.05) is 0 Å². The highest BCUT2D eigenvalue weighted by Gasteiger charge is 2.47. The van der Waals surface area contributed by atoms with Gasteiger partial charge in [-0.05, 0) is 24.3 Å². The van der Waals surface area contributed by atoms with Gasteiger partial charge in [0, 0.05) is 6.21 Å².